The van der Waals surface area contributed by atoms with Gasteiger partial charge in [-0.25, -0.2) is 0 Å². The van der Waals surface area contributed by atoms with Gasteiger partial charge in [-0.3, -0.25) is 5.10 Å². The molecule has 3 heteroatoms. The lowest BCUT2D eigenvalue weighted by Gasteiger charge is -2.26. The van der Waals surface area contributed by atoms with Crippen LogP contribution in [0.3, 0.4) is 0 Å². The van der Waals surface area contributed by atoms with Crippen molar-refractivity contribution in [3.05, 3.63) is 89.7 Å². The number of hydrogen-bond donors (Lipinski definition) is 2. The molecule has 2 aromatic carbocycles. The van der Waals surface area contributed by atoms with E-state index < -0.39 is 0 Å². The molecule has 3 nitrogen and oxygen atoms in total. The summed E-state index contributed by atoms with van der Waals surface area (Å²) in [5.41, 5.74) is 3.77. The summed E-state index contributed by atoms with van der Waals surface area (Å²) in [6, 6.07) is 23.7. The van der Waals surface area contributed by atoms with E-state index >= 15 is 0 Å². The molecule has 0 amide bonds. The predicted molar refractivity (Wildman–Crippen MR) is 89.6 cm³/mol. The Hall–Kier alpha value is -2.39. The number of hydrogen-bond acceptors (Lipinski definition) is 2. The molecule has 1 heterocycles. The van der Waals surface area contributed by atoms with Crippen molar-refractivity contribution in [3.8, 4) is 0 Å². The summed E-state index contributed by atoms with van der Waals surface area (Å²) >= 11 is 0. The Labute approximate surface area is 131 Å². The first-order chi connectivity index (χ1) is 10.8. The van der Waals surface area contributed by atoms with E-state index in [4.69, 9.17) is 0 Å². The Kier molecular flexibility index (Phi) is 4.66. The molecule has 2 N–H and O–H groups in total. The quantitative estimate of drug-likeness (QED) is 0.726. The topological polar surface area (TPSA) is 40.7 Å². The highest BCUT2D eigenvalue weighted by atomic mass is 15.1. The Morgan fingerprint density at radius 2 is 1.50 bits per heavy atom. The van der Waals surface area contributed by atoms with Crippen LogP contribution in [0.25, 0.3) is 0 Å². The molecule has 0 bridgehead atoms. The molecule has 1 atom stereocenters. The minimum Gasteiger partial charge on any atom is -0.308 e. The Bertz CT molecular complexity index is 623. The molecule has 112 valence electrons. The monoisotopic (exact) mass is 291 g/mol. The van der Waals surface area contributed by atoms with Crippen molar-refractivity contribution < 1.29 is 0 Å². The number of nitrogens with zero attached hydrogens (tertiary/aromatic N) is 1. The van der Waals surface area contributed by atoms with E-state index in [1.165, 1.54) is 11.1 Å². The molecule has 1 unspecified atom stereocenters. The van der Waals surface area contributed by atoms with Crippen LogP contribution in [0.15, 0.2) is 72.9 Å². The minimum absolute atomic E-state index is 0.313. The standard InChI is InChI=1S/C19H21N3/c1-15(20-14-18-12-13-21-22-18)19(16-8-4-2-5-9-16)17-10-6-3-7-11-17/h2-13,15,19-20H,14H2,1H3,(H,21,22). The second-order valence-electron chi connectivity index (χ2n) is 5.55. The van der Waals surface area contributed by atoms with Crippen LogP contribution in [0.5, 0.6) is 0 Å². The fraction of sp³-hybridized carbons (Fsp3) is 0.211. The molecule has 0 spiro atoms. The Balaban J connectivity index is 1.82. The van der Waals surface area contributed by atoms with Crippen molar-refractivity contribution in [3.63, 3.8) is 0 Å². The van der Waals surface area contributed by atoms with Gasteiger partial charge in [0, 0.05) is 30.4 Å². The Morgan fingerprint density at radius 3 is 2.00 bits per heavy atom. The van der Waals surface area contributed by atoms with E-state index in [0.29, 0.717) is 12.0 Å². The normalized spacial score (nSPS) is 12.5. The fourth-order valence-corrected chi connectivity index (χ4v) is 2.86. The van der Waals surface area contributed by atoms with Crippen LogP contribution in [-0.4, -0.2) is 16.2 Å². The number of rotatable bonds is 6. The summed E-state index contributed by atoms with van der Waals surface area (Å²) in [6.07, 6.45) is 1.79. The van der Waals surface area contributed by atoms with Crippen LogP contribution in [0.2, 0.25) is 0 Å². The van der Waals surface area contributed by atoms with Gasteiger partial charge in [-0.1, -0.05) is 60.7 Å². The van der Waals surface area contributed by atoms with E-state index in [2.05, 4.69) is 83.1 Å². The van der Waals surface area contributed by atoms with E-state index in [0.717, 1.165) is 12.2 Å². The highest BCUT2D eigenvalue weighted by molar-refractivity contribution is 5.34. The minimum atomic E-state index is 0.313. The molecular weight excluding hydrogens is 270 g/mol. The molecule has 0 aliphatic heterocycles. The molecule has 1 aromatic heterocycles. The maximum atomic E-state index is 4.00. The third-order valence-corrected chi connectivity index (χ3v) is 3.99. The van der Waals surface area contributed by atoms with E-state index in [-0.39, 0.29) is 0 Å². The molecule has 0 radical (unpaired) electrons. The summed E-state index contributed by atoms with van der Waals surface area (Å²) in [4.78, 5) is 0. The first-order valence-electron chi connectivity index (χ1n) is 7.66. The van der Waals surface area contributed by atoms with Gasteiger partial charge in [0.25, 0.3) is 0 Å². The number of benzene rings is 2. The molecule has 0 fully saturated rings. The number of aromatic amines is 1. The average molecular weight is 291 g/mol. The van der Waals surface area contributed by atoms with Crippen LogP contribution in [0.1, 0.15) is 29.7 Å². The zero-order valence-corrected chi connectivity index (χ0v) is 12.7. The number of nitrogens with one attached hydrogen (secondary N) is 2. The van der Waals surface area contributed by atoms with Crippen molar-refractivity contribution in [1.82, 2.24) is 15.5 Å². The zero-order chi connectivity index (χ0) is 15.2. The maximum absolute atomic E-state index is 4.00. The van der Waals surface area contributed by atoms with Crippen LogP contribution < -0.4 is 5.32 Å². The van der Waals surface area contributed by atoms with Gasteiger partial charge in [0.15, 0.2) is 0 Å². The summed E-state index contributed by atoms with van der Waals surface area (Å²) < 4.78 is 0. The third kappa shape index (κ3) is 3.43. The second-order valence-corrected chi connectivity index (χ2v) is 5.55. The molecule has 3 rings (SSSR count). The van der Waals surface area contributed by atoms with E-state index in [9.17, 15) is 0 Å². The maximum Gasteiger partial charge on any atom is 0.0490 e. The summed E-state index contributed by atoms with van der Waals surface area (Å²) in [5.74, 6) is 0.324. The number of aromatic nitrogens is 2. The first kappa shape index (κ1) is 14.5. The lowest BCUT2D eigenvalue weighted by atomic mass is 9.86. The summed E-state index contributed by atoms with van der Waals surface area (Å²) in [7, 11) is 0. The SMILES string of the molecule is CC(NCc1ccn[nH]1)C(c1ccccc1)c1ccccc1. The van der Waals surface area contributed by atoms with Crippen molar-refractivity contribution in [2.45, 2.75) is 25.4 Å². The van der Waals surface area contributed by atoms with Gasteiger partial charge in [0.1, 0.15) is 0 Å². The molecule has 0 saturated carbocycles. The molecular formula is C19H21N3. The van der Waals surface area contributed by atoms with Gasteiger partial charge in [0.05, 0.1) is 0 Å². The van der Waals surface area contributed by atoms with Crippen LogP contribution in [0, 0.1) is 0 Å². The summed E-state index contributed by atoms with van der Waals surface area (Å²) in [5, 5.41) is 10.6. The van der Waals surface area contributed by atoms with E-state index in [1.54, 1.807) is 6.20 Å². The smallest absolute Gasteiger partial charge is 0.0490 e. The molecule has 0 aliphatic rings. The highest BCUT2D eigenvalue weighted by Gasteiger charge is 2.20. The van der Waals surface area contributed by atoms with Crippen molar-refractivity contribution in [2.75, 3.05) is 0 Å². The van der Waals surface area contributed by atoms with Crippen LogP contribution >= 0.6 is 0 Å². The molecule has 0 saturated heterocycles. The van der Waals surface area contributed by atoms with Crippen LogP contribution in [0.4, 0.5) is 0 Å². The second kappa shape index (κ2) is 7.05. The van der Waals surface area contributed by atoms with Gasteiger partial charge in [0.2, 0.25) is 0 Å². The van der Waals surface area contributed by atoms with Crippen molar-refractivity contribution in [1.29, 1.82) is 0 Å². The Morgan fingerprint density at radius 1 is 0.909 bits per heavy atom. The zero-order valence-electron chi connectivity index (χ0n) is 12.7. The van der Waals surface area contributed by atoms with Gasteiger partial charge in [-0.05, 0) is 24.1 Å². The summed E-state index contributed by atoms with van der Waals surface area (Å²) in [6.45, 7) is 3.03. The fourth-order valence-electron chi connectivity index (χ4n) is 2.86. The number of H-pyrrole nitrogens is 1. The van der Waals surface area contributed by atoms with Gasteiger partial charge in [-0.15, -0.1) is 0 Å². The molecule has 22 heavy (non-hydrogen) atoms. The van der Waals surface area contributed by atoms with Gasteiger partial charge in [-0.2, -0.15) is 5.10 Å². The average Bonchev–Trinajstić information content (AvgIpc) is 3.09. The molecule has 3 aromatic rings. The van der Waals surface area contributed by atoms with Gasteiger partial charge >= 0.3 is 0 Å². The van der Waals surface area contributed by atoms with Crippen molar-refractivity contribution in [2.24, 2.45) is 0 Å². The largest absolute Gasteiger partial charge is 0.308 e. The lowest BCUT2D eigenvalue weighted by Crippen LogP contribution is -2.32. The van der Waals surface area contributed by atoms with Crippen molar-refractivity contribution >= 4 is 0 Å². The van der Waals surface area contributed by atoms with E-state index in [1.807, 2.05) is 6.07 Å². The highest BCUT2D eigenvalue weighted by Crippen LogP contribution is 2.28. The first-order valence-corrected chi connectivity index (χ1v) is 7.66. The third-order valence-electron chi connectivity index (χ3n) is 3.99. The van der Waals surface area contributed by atoms with Gasteiger partial charge < -0.3 is 5.32 Å². The van der Waals surface area contributed by atoms with Crippen LogP contribution in [-0.2, 0) is 6.54 Å². The lowest BCUT2D eigenvalue weighted by molar-refractivity contribution is 0.494. The molecule has 0 aliphatic carbocycles. The predicted octanol–water partition coefficient (Wildman–Crippen LogP) is 3.72.